The summed E-state index contributed by atoms with van der Waals surface area (Å²) in [5.41, 5.74) is 1.93. The van der Waals surface area contributed by atoms with E-state index in [4.69, 9.17) is 11.6 Å². The first-order chi connectivity index (χ1) is 10.6. The highest BCUT2D eigenvalue weighted by Gasteiger charge is 2.03. The number of carbonyl (C=O) groups excluding carboxylic acids is 2. The van der Waals surface area contributed by atoms with Crippen LogP contribution in [0.25, 0.3) is 6.08 Å². The molecule has 0 bridgehead atoms. The van der Waals surface area contributed by atoms with Crippen LogP contribution in [0.5, 0.6) is 0 Å². The maximum atomic E-state index is 11.8. The van der Waals surface area contributed by atoms with E-state index in [2.05, 4.69) is 10.1 Å². The lowest BCUT2D eigenvalue weighted by molar-refractivity contribution is -0.111. The fourth-order valence-electron chi connectivity index (χ4n) is 1.74. The molecule has 0 radical (unpaired) electrons. The molecule has 1 amide bonds. The molecule has 0 unspecified atom stereocenters. The Balaban J connectivity index is 1.97. The van der Waals surface area contributed by atoms with E-state index in [9.17, 15) is 9.59 Å². The van der Waals surface area contributed by atoms with Gasteiger partial charge in [-0.15, -0.1) is 0 Å². The van der Waals surface area contributed by atoms with E-state index in [1.165, 1.54) is 13.2 Å². The molecule has 0 saturated carbocycles. The minimum atomic E-state index is -0.393. The molecule has 0 saturated heterocycles. The molecule has 0 aliphatic carbocycles. The first-order valence-corrected chi connectivity index (χ1v) is 6.89. The van der Waals surface area contributed by atoms with Gasteiger partial charge in [-0.25, -0.2) is 4.79 Å². The number of ether oxygens (including phenoxy) is 1. The summed E-state index contributed by atoms with van der Waals surface area (Å²) in [5.74, 6) is -0.643. The van der Waals surface area contributed by atoms with Crippen LogP contribution in [0.15, 0.2) is 54.6 Å². The third-order valence-corrected chi connectivity index (χ3v) is 3.12. The van der Waals surface area contributed by atoms with E-state index in [-0.39, 0.29) is 5.91 Å². The van der Waals surface area contributed by atoms with Gasteiger partial charge in [-0.1, -0.05) is 23.7 Å². The van der Waals surface area contributed by atoms with Crippen LogP contribution in [0.3, 0.4) is 0 Å². The predicted molar refractivity (Wildman–Crippen MR) is 86.9 cm³/mol. The summed E-state index contributed by atoms with van der Waals surface area (Å²) in [6.45, 7) is 0. The number of hydrogen-bond acceptors (Lipinski definition) is 3. The Morgan fingerprint density at radius 1 is 1.05 bits per heavy atom. The molecule has 0 spiro atoms. The van der Waals surface area contributed by atoms with Crippen molar-refractivity contribution in [3.8, 4) is 0 Å². The van der Waals surface area contributed by atoms with E-state index >= 15 is 0 Å². The van der Waals surface area contributed by atoms with Gasteiger partial charge in [0.2, 0.25) is 5.91 Å². The standard InChI is InChI=1S/C17H14ClNO3/c1-22-17(21)13-5-2-12(3-6-13)4-11-16(20)19-15-9-7-14(18)8-10-15/h2-11H,1H3,(H,19,20)/b11-4+. The van der Waals surface area contributed by atoms with Gasteiger partial charge in [0, 0.05) is 16.8 Å². The molecular formula is C17H14ClNO3. The number of carbonyl (C=O) groups is 2. The lowest BCUT2D eigenvalue weighted by Crippen LogP contribution is -2.07. The molecule has 0 aliphatic heterocycles. The Bertz CT molecular complexity index is 691. The summed E-state index contributed by atoms with van der Waals surface area (Å²) < 4.78 is 4.62. The molecule has 1 N–H and O–H groups in total. The van der Waals surface area contributed by atoms with Crippen LogP contribution in [0.1, 0.15) is 15.9 Å². The third kappa shape index (κ3) is 4.46. The SMILES string of the molecule is COC(=O)c1ccc(/C=C/C(=O)Nc2ccc(Cl)cc2)cc1. The monoisotopic (exact) mass is 315 g/mol. The Kier molecular flexibility index (Phi) is 5.33. The van der Waals surface area contributed by atoms with E-state index < -0.39 is 5.97 Å². The van der Waals surface area contributed by atoms with E-state index in [0.717, 1.165) is 5.56 Å². The lowest BCUT2D eigenvalue weighted by Gasteiger charge is -2.02. The topological polar surface area (TPSA) is 55.4 Å². The van der Waals surface area contributed by atoms with Crippen LogP contribution in [-0.4, -0.2) is 19.0 Å². The Morgan fingerprint density at radius 2 is 1.68 bits per heavy atom. The molecule has 0 aromatic heterocycles. The summed E-state index contributed by atoms with van der Waals surface area (Å²) in [6, 6.07) is 13.6. The Morgan fingerprint density at radius 3 is 2.27 bits per heavy atom. The van der Waals surface area contributed by atoms with Gasteiger partial charge in [0.15, 0.2) is 0 Å². The molecule has 2 aromatic carbocycles. The average molecular weight is 316 g/mol. The van der Waals surface area contributed by atoms with Crippen LogP contribution >= 0.6 is 11.6 Å². The van der Waals surface area contributed by atoms with Crippen molar-refractivity contribution in [3.63, 3.8) is 0 Å². The minimum Gasteiger partial charge on any atom is -0.465 e. The van der Waals surface area contributed by atoms with Crippen molar-refractivity contribution in [2.45, 2.75) is 0 Å². The Labute approximate surface area is 133 Å². The van der Waals surface area contributed by atoms with Crippen molar-refractivity contribution >= 4 is 35.2 Å². The van der Waals surface area contributed by atoms with Crippen molar-refractivity contribution in [1.82, 2.24) is 0 Å². The van der Waals surface area contributed by atoms with Crippen LogP contribution < -0.4 is 5.32 Å². The normalized spacial score (nSPS) is 10.5. The van der Waals surface area contributed by atoms with Crippen LogP contribution in [0.4, 0.5) is 5.69 Å². The molecule has 0 fully saturated rings. The number of rotatable bonds is 4. The second-order valence-corrected chi connectivity index (χ2v) is 4.88. The second-order valence-electron chi connectivity index (χ2n) is 4.44. The number of nitrogens with one attached hydrogen (secondary N) is 1. The summed E-state index contributed by atoms with van der Waals surface area (Å²) in [7, 11) is 1.33. The van der Waals surface area contributed by atoms with Crippen LogP contribution in [0.2, 0.25) is 5.02 Å². The summed E-state index contributed by atoms with van der Waals surface area (Å²) >= 11 is 5.78. The number of esters is 1. The zero-order chi connectivity index (χ0) is 15.9. The summed E-state index contributed by atoms with van der Waals surface area (Å²) in [5, 5.41) is 3.33. The minimum absolute atomic E-state index is 0.251. The first-order valence-electron chi connectivity index (χ1n) is 6.51. The molecule has 2 aromatic rings. The lowest BCUT2D eigenvalue weighted by atomic mass is 10.1. The number of anilines is 1. The molecule has 5 heteroatoms. The number of amides is 1. The number of halogens is 1. The largest absolute Gasteiger partial charge is 0.465 e. The van der Waals surface area contributed by atoms with Crippen molar-refractivity contribution in [3.05, 3.63) is 70.8 Å². The summed E-state index contributed by atoms with van der Waals surface area (Å²) in [6.07, 6.45) is 3.08. The smallest absolute Gasteiger partial charge is 0.337 e. The fourth-order valence-corrected chi connectivity index (χ4v) is 1.86. The van der Waals surface area contributed by atoms with Crippen molar-refractivity contribution in [2.75, 3.05) is 12.4 Å². The van der Waals surface area contributed by atoms with Gasteiger partial charge >= 0.3 is 5.97 Å². The molecule has 0 aliphatic rings. The maximum Gasteiger partial charge on any atom is 0.337 e. The summed E-state index contributed by atoms with van der Waals surface area (Å²) in [4.78, 5) is 23.1. The molecule has 0 heterocycles. The molecular weight excluding hydrogens is 302 g/mol. The van der Waals surface area contributed by atoms with Gasteiger partial charge in [0.25, 0.3) is 0 Å². The molecule has 4 nitrogen and oxygen atoms in total. The molecule has 22 heavy (non-hydrogen) atoms. The average Bonchev–Trinajstić information content (AvgIpc) is 2.55. The highest BCUT2D eigenvalue weighted by Crippen LogP contribution is 2.13. The van der Waals surface area contributed by atoms with E-state index in [1.807, 2.05) is 0 Å². The molecule has 2 rings (SSSR count). The van der Waals surface area contributed by atoms with Gasteiger partial charge in [0.05, 0.1) is 12.7 Å². The first kappa shape index (κ1) is 15.8. The number of methoxy groups -OCH3 is 1. The van der Waals surface area contributed by atoms with Gasteiger partial charge in [-0.05, 0) is 48.0 Å². The predicted octanol–water partition coefficient (Wildman–Crippen LogP) is 3.78. The van der Waals surface area contributed by atoms with E-state index in [1.54, 1.807) is 54.6 Å². The number of hydrogen-bond donors (Lipinski definition) is 1. The van der Waals surface area contributed by atoms with Gasteiger partial charge in [-0.3, -0.25) is 4.79 Å². The van der Waals surface area contributed by atoms with Crippen LogP contribution in [-0.2, 0) is 9.53 Å². The van der Waals surface area contributed by atoms with Crippen molar-refractivity contribution in [1.29, 1.82) is 0 Å². The Hall–Kier alpha value is -2.59. The van der Waals surface area contributed by atoms with E-state index in [0.29, 0.717) is 16.3 Å². The highest BCUT2D eigenvalue weighted by atomic mass is 35.5. The number of benzene rings is 2. The highest BCUT2D eigenvalue weighted by molar-refractivity contribution is 6.30. The van der Waals surface area contributed by atoms with Gasteiger partial charge < -0.3 is 10.1 Å². The van der Waals surface area contributed by atoms with Crippen molar-refractivity contribution in [2.24, 2.45) is 0 Å². The van der Waals surface area contributed by atoms with Gasteiger partial charge in [0.1, 0.15) is 0 Å². The molecule has 0 atom stereocenters. The van der Waals surface area contributed by atoms with Gasteiger partial charge in [-0.2, -0.15) is 0 Å². The maximum absolute atomic E-state index is 11.8. The van der Waals surface area contributed by atoms with Crippen LogP contribution in [0, 0.1) is 0 Å². The third-order valence-electron chi connectivity index (χ3n) is 2.87. The second kappa shape index (κ2) is 7.43. The fraction of sp³-hybridized carbons (Fsp3) is 0.0588. The zero-order valence-corrected chi connectivity index (χ0v) is 12.6. The quantitative estimate of drug-likeness (QED) is 0.690. The van der Waals surface area contributed by atoms with Crippen molar-refractivity contribution < 1.29 is 14.3 Å². The molecule has 112 valence electrons. The zero-order valence-electron chi connectivity index (χ0n) is 11.9.